The molecule has 104 valence electrons. The Morgan fingerprint density at radius 3 is 2.84 bits per heavy atom. The van der Waals surface area contributed by atoms with Crippen molar-refractivity contribution in [3.63, 3.8) is 0 Å². The lowest BCUT2D eigenvalue weighted by Gasteiger charge is -2.34. The van der Waals surface area contributed by atoms with Crippen molar-refractivity contribution in [2.75, 3.05) is 7.11 Å². The van der Waals surface area contributed by atoms with Gasteiger partial charge in [0.1, 0.15) is 6.29 Å². The molecular weight excluding hydrogens is 248 g/mol. The average Bonchev–Trinajstić information content (AvgIpc) is 2.82. The maximum atomic E-state index is 11.7. The molecular formula is C14H18O5. The largest absolute Gasteiger partial charge is 0.471 e. The zero-order valence-electron chi connectivity index (χ0n) is 11.3. The third-order valence-electron chi connectivity index (χ3n) is 3.41. The lowest BCUT2D eigenvalue weighted by Crippen LogP contribution is -2.38. The van der Waals surface area contributed by atoms with Gasteiger partial charge < -0.3 is 14.2 Å². The van der Waals surface area contributed by atoms with Crippen LogP contribution in [0.4, 0.5) is 0 Å². The van der Waals surface area contributed by atoms with E-state index in [1.54, 1.807) is 0 Å². The molecule has 1 aliphatic heterocycles. The summed E-state index contributed by atoms with van der Waals surface area (Å²) in [4.78, 5) is 22.8. The second-order valence-corrected chi connectivity index (χ2v) is 4.94. The highest BCUT2D eigenvalue weighted by Gasteiger charge is 2.45. The standard InChI is InChI=1S/C14H18O5/c1-8(2)19-14-12-9(6-15)4-5-10(12)11(7-18-14)13(16)17-3/h4,6-8,10,12,14H,5H2,1-3H3. The number of allylic oxidation sites excluding steroid dienone is 1. The Morgan fingerprint density at radius 2 is 2.26 bits per heavy atom. The van der Waals surface area contributed by atoms with Crippen LogP contribution in [0.1, 0.15) is 20.3 Å². The Bertz CT molecular complexity index is 435. The summed E-state index contributed by atoms with van der Waals surface area (Å²) in [6, 6.07) is 0. The lowest BCUT2D eigenvalue weighted by molar-refractivity contribution is -0.171. The molecule has 0 spiro atoms. The van der Waals surface area contributed by atoms with E-state index < -0.39 is 12.3 Å². The van der Waals surface area contributed by atoms with E-state index in [-0.39, 0.29) is 17.9 Å². The number of esters is 1. The third kappa shape index (κ3) is 2.56. The van der Waals surface area contributed by atoms with Crippen LogP contribution in [0.5, 0.6) is 0 Å². The smallest absolute Gasteiger partial charge is 0.337 e. The van der Waals surface area contributed by atoms with Crippen molar-refractivity contribution >= 4 is 12.3 Å². The van der Waals surface area contributed by atoms with Crippen LogP contribution in [-0.2, 0) is 23.8 Å². The van der Waals surface area contributed by atoms with E-state index in [2.05, 4.69) is 0 Å². The summed E-state index contributed by atoms with van der Waals surface area (Å²) in [5.74, 6) is -0.761. The van der Waals surface area contributed by atoms with E-state index >= 15 is 0 Å². The summed E-state index contributed by atoms with van der Waals surface area (Å²) in [6.07, 6.45) is 4.13. The molecule has 0 N–H and O–H groups in total. The zero-order chi connectivity index (χ0) is 14.0. The molecule has 0 aromatic carbocycles. The number of hydrogen-bond acceptors (Lipinski definition) is 5. The number of carbonyl (C=O) groups is 2. The number of methoxy groups -OCH3 is 1. The Hall–Kier alpha value is -1.62. The van der Waals surface area contributed by atoms with Crippen molar-refractivity contribution in [3.05, 3.63) is 23.5 Å². The van der Waals surface area contributed by atoms with Crippen molar-refractivity contribution in [1.82, 2.24) is 0 Å². The molecule has 1 aliphatic carbocycles. The fourth-order valence-electron chi connectivity index (χ4n) is 2.59. The van der Waals surface area contributed by atoms with Gasteiger partial charge in [-0.2, -0.15) is 0 Å². The van der Waals surface area contributed by atoms with Gasteiger partial charge in [0.15, 0.2) is 0 Å². The van der Waals surface area contributed by atoms with Crippen LogP contribution in [0.25, 0.3) is 0 Å². The summed E-state index contributed by atoms with van der Waals surface area (Å²) < 4.78 is 15.9. The number of aldehydes is 1. The molecule has 5 heteroatoms. The quantitative estimate of drug-likeness (QED) is 0.571. The van der Waals surface area contributed by atoms with Gasteiger partial charge in [-0.15, -0.1) is 0 Å². The van der Waals surface area contributed by atoms with Crippen molar-refractivity contribution in [2.45, 2.75) is 32.7 Å². The molecule has 0 radical (unpaired) electrons. The Labute approximate surface area is 112 Å². The topological polar surface area (TPSA) is 61.8 Å². The monoisotopic (exact) mass is 266 g/mol. The minimum absolute atomic E-state index is 0.0211. The third-order valence-corrected chi connectivity index (χ3v) is 3.41. The average molecular weight is 266 g/mol. The predicted molar refractivity (Wildman–Crippen MR) is 66.9 cm³/mol. The first-order chi connectivity index (χ1) is 9.08. The first kappa shape index (κ1) is 13.8. The molecule has 5 nitrogen and oxygen atoms in total. The molecule has 0 saturated carbocycles. The van der Waals surface area contributed by atoms with Crippen LogP contribution in [0, 0.1) is 11.8 Å². The molecule has 2 aliphatic rings. The number of rotatable bonds is 4. The van der Waals surface area contributed by atoms with Crippen molar-refractivity contribution < 1.29 is 23.8 Å². The van der Waals surface area contributed by atoms with Gasteiger partial charge >= 0.3 is 5.97 Å². The van der Waals surface area contributed by atoms with Gasteiger partial charge in [-0.1, -0.05) is 6.08 Å². The predicted octanol–water partition coefficient (Wildman–Crippen LogP) is 1.59. The number of hydrogen-bond donors (Lipinski definition) is 0. The van der Waals surface area contributed by atoms with Crippen LogP contribution in [-0.4, -0.2) is 31.8 Å². The first-order valence-electron chi connectivity index (χ1n) is 6.33. The molecule has 3 unspecified atom stereocenters. The van der Waals surface area contributed by atoms with Gasteiger partial charge in [-0.05, 0) is 25.8 Å². The fraction of sp³-hybridized carbons (Fsp3) is 0.571. The zero-order valence-corrected chi connectivity index (χ0v) is 11.3. The van der Waals surface area contributed by atoms with E-state index in [4.69, 9.17) is 14.2 Å². The summed E-state index contributed by atoms with van der Waals surface area (Å²) in [6.45, 7) is 3.80. The van der Waals surface area contributed by atoms with Crippen molar-refractivity contribution in [3.8, 4) is 0 Å². The Kier molecular flexibility index (Phi) is 4.04. The van der Waals surface area contributed by atoms with Crippen LogP contribution in [0.15, 0.2) is 23.5 Å². The SMILES string of the molecule is COC(=O)C1=COC(OC(C)C)C2C(C=O)=CCC12. The number of fused-ring (bicyclic) bond motifs is 1. The molecule has 0 aromatic rings. The Balaban J connectivity index is 2.27. The highest BCUT2D eigenvalue weighted by Crippen LogP contribution is 2.43. The van der Waals surface area contributed by atoms with Gasteiger partial charge in [0.2, 0.25) is 6.29 Å². The summed E-state index contributed by atoms with van der Waals surface area (Å²) in [5.41, 5.74) is 1.09. The summed E-state index contributed by atoms with van der Waals surface area (Å²) in [5, 5.41) is 0. The van der Waals surface area contributed by atoms with E-state index in [1.165, 1.54) is 13.4 Å². The lowest BCUT2D eigenvalue weighted by atomic mass is 9.83. The molecule has 0 aromatic heterocycles. The molecule has 0 saturated heterocycles. The highest BCUT2D eigenvalue weighted by molar-refractivity contribution is 5.90. The van der Waals surface area contributed by atoms with Gasteiger partial charge in [0, 0.05) is 5.92 Å². The van der Waals surface area contributed by atoms with Gasteiger partial charge in [0.25, 0.3) is 0 Å². The molecule has 19 heavy (non-hydrogen) atoms. The van der Waals surface area contributed by atoms with Gasteiger partial charge in [-0.3, -0.25) is 4.79 Å². The van der Waals surface area contributed by atoms with Gasteiger partial charge in [0.05, 0.1) is 31.0 Å². The molecule has 0 amide bonds. The highest BCUT2D eigenvalue weighted by atomic mass is 16.7. The minimum Gasteiger partial charge on any atom is -0.471 e. The van der Waals surface area contributed by atoms with Crippen LogP contribution < -0.4 is 0 Å². The van der Waals surface area contributed by atoms with Crippen molar-refractivity contribution in [2.24, 2.45) is 11.8 Å². The maximum absolute atomic E-state index is 11.7. The molecule has 2 rings (SSSR count). The van der Waals surface area contributed by atoms with E-state index in [0.29, 0.717) is 17.6 Å². The van der Waals surface area contributed by atoms with E-state index in [1.807, 2.05) is 19.9 Å². The molecule has 3 atom stereocenters. The fourth-order valence-corrected chi connectivity index (χ4v) is 2.59. The van der Waals surface area contributed by atoms with E-state index in [9.17, 15) is 9.59 Å². The molecule has 1 heterocycles. The van der Waals surface area contributed by atoms with Crippen LogP contribution >= 0.6 is 0 Å². The van der Waals surface area contributed by atoms with Gasteiger partial charge in [-0.25, -0.2) is 4.79 Å². The first-order valence-corrected chi connectivity index (χ1v) is 6.33. The minimum atomic E-state index is -0.530. The summed E-state index contributed by atoms with van der Waals surface area (Å²) >= 11 is 0. The second-order valence-electron chi connectivity index (χ2n) is 4.94. The van der Waals surface area contributed by atoms with Crippen LogP contribution in [0.2, 0.25) is 0 Å². The van der Waals surface area contributed by atoms with Crippen LogP contribution in [0.3, 0.4) is 0 Å². The number of ether oxygens (including phenoxy) is 3. The normalized spacial score (nSPS) is 29.2. The second kappa shape index (κ2) is 5.57. The number of carbonyl (C=O) groups excluding carboxylic acids is 2. The van der Waals surface area contributed by atoms with Crippen molar-refractivity contribution in [1.29, 1.82) is 0 Å². The Morgan fingerprint density at radius 1 is 1.53 bits per heavy atom. The molecule has 0 fully saturated rings. The maximum Gasteiger partial charge on any atom is 0.337 e. The van der Waals surface area contributed by atoms with E-state index in [0.717, 1.165) is 6.29 Å². The molecule has 0 bridgehead atoms. The summed E-state index contributed by atoms with van der Waals surface area (Å²) in [7, 11) is 1.33.